The summed E-state index contributed by atoms with van der Waals surface area (Å²) >= 11 is 4.25. The van der Waals surface area contributed by atoms with E-state index in [9.17, 15) is 14.5 Å². The van der Waals surface area contributed by atoms with Crippen LogP contribution >= 0.6 is 27.3 Å². The SMILES string of the molecule is O=[N+]([O-])c1cc(F)cc2sc(Br)nc12. The highest BCUT2D eigenvalue weighted by molar-refractivity contribution is 9.11. The molecule has 0 atom stereocenters. The summed E-state index contributed by atoms with van der Waals surface area (Å²) in [6, 6.07) is 2.10. The first-order chi connectivity index (χ1) is 6.58. The Hall–Kier alpha value is -1.08. The minimum absolute atomic E-state index is 0.216. The van der Waals surface area contributed by atoms with Gasteiger partial charge in [-0.05, 0) is 22.0 Å². The molecule has 0 amide bonds. The third-order valence-electron chi connectivity index (χ3n) is 1.61. The first-order valence-corrected chi connectivity index (χ1v) is 5.09. The molecule has 0 radical (unpaired) electrons. The van der Waals surface area contributed by atoms with Crippen LogP contribution in [0.15, 0.2) is 16.0 Å². The molecule has 1 aromatic carbocycles. The molecule has 0 fully saturated rings. The lowest BCUT2D eigenvalue weighted by molar-refractivity contribution is -0.383. The van der Waals surface area contributed by atoms with Crippen LogP contribution in [-0.2, 0) is 0 Å². The lowest BCUT2D eigenvalue weighted by atomic mass is 10.3. The van der Waals surface area contributed by atoms with Gasteiger partial charge in [-0.25, -0.2) is 9.37 Å². The predicted molar refractivity (Wildman–Crippen MR) is 53.9 cm³/mol. The summed E-state index contributed by atoms with van der Waals surface area (Å²) in [6.07, 6.45) is 0. The van der Waals surface area contributed by atoms with E-state index in [0.29, 0.717) is 8.62 Å². The van der Waals surface area contributed by atoms with Crippen molar-refractivity contribution in [2.75, 3.05) is 0 Å². The average Bonchev–Trinajstić information content (AvgIpc) is 2.42. The third-order valence-corrected chi connectivity index (χ3v) is 3.06. The van der Waals surface area contributed by atoms with Crippen molar-refractivity contribution in [2.24, 2.45) is 0 Å². The van der Waals surface area contributed by atoms with Crippen LogP contribution < -0.4 is 0 Å². The highest BCUT2D eigenvalue weighted by atomic mass is 79.9. The largest absolute Gasteiger partial charge is 0.299 e. The molecule has 4 nitrogen and oxygen atoms in total. The van der Waals surface area contributed by atoms with E-state index < -0.39 is 10.7 Å². The van der Waals surface area contributed by atoms with Crippen molar-refractivity contribution >= 4 is 43.2 Å². The molecule has 2 rings (SSSR count). The van der Waals surface area contributed by atoms with E-state index in [1.807, 2.05) is 0 Å². The Kier molecular flexibility index (Phi) is 2.20. The number of aromatic nitrogens is 1. The lowest BCUT2D eigenvalue weighted by Crippen LogP contribution is -1.90. The summed E-state index contributed by atoms with van der Waals surface area (Å²) in [6.45, 7) is 0. The summed E-state index contributed by atoms with van der Waals surface area (Å²) in [7, 11) is 0. The Morgan fingerprint density at radius 1 is 1.57 bits per heavy atom. The number of thiazole rings is 1. The predicted octanol–water partition coefficient (Wildman–Crippen LogP) is 3.11. The van der Waals surface area contributed by atoms with Gasteiger partial charge < -0.3 is 0 Å². The van der Waals surface area contributed by atoms with Crippen LogP contribution in [0.3, 0.4) is 0 Å². The van der Waals surface area contributed by atoms with E-state index in [1.165, 1.54) is 6.07 Å². The molecule has 0 N–H and O–H groups in total. The molecule has 0 aliphatic rings. The van der Waals surface area contributed by atoms with Gasteiger partial charge in [0.2, 0.25) is 0 Å². The Bertz CT molecular complexity index is 528. The van der Waals surface area contributed by atoms with Gasteiger partial charge in [0.05, 0.1) is 15.7 Å². The Morgan fingerprint density at radius 3 is 2.93 bits per heavy atom. The van der Waals surface area contributed by atoms with Gasteiger partial charge in [-0.1, -0.05) is 0 Å². The van der Waals surface area contributed by atoms with E-state index in [2.05, 4.69) is 20.9 Å². The number of non-ortho nitro benzene ring substituents is 1. The minimum atomic E-state index is -0.641. The molecule has 0 spiro atoms. The second-order valence-corrected chi connectivity index (χ2v) is 4.80. The molecule has 0 bridgehead atoms. The fraction of sp³-hybridized carbons (Fsp3) is 0. The van der Waals surface area contributed by atoms with Crippen LogP contribution in [0, 0.1) is 15.9 Å². The average molecular weight is 277 g/mol. The van der Waals surface area contributed by atoms with Gasteiger partial charge in [0, 0.05) is 0 Å². The highest BCUT2D eigenvalue weighted by Gasteiger charge is 2.17. The molecule has 0 unspecified atom stereocenters. The maximum Gasteiger partial charge on any atom is 0.299 e. The maximum atomic E-state index is 12.9. The standard InChI is InChI=1S/C7H2BrFN2O2S/c8-7-10-6-4(11(12)13)1-3(9)2-5(6)14-7/h1-2H. The summed E-state index contributed by atoms with van der Waals surface area (Å²) in [5.74, 6) is -0.625. The fourth-order valence-electron chi connectivity index (χ4n) is 1.09. The van der Waals surface area contributed by atoms with E-state index >= 15 is 0 Å². The molecule has 0 saturated heterocycles. The number of nitrogens with zero attached hydrogens (tertiary/aromatic N) is 2. The molecule has 0 aliphatic heterocycles. The van der Waals surface area contributed by atoms with Crippen LogP contribution in [0.2, 0.25) is 0 Å². The van der Waals surface area contributed by atoms with Crippen LogP contribution in [0.1, 0.15) is 0 Å². The highest BCUT2D eigenvalue weighted by Crippen LogP contribution is 2.32. The summed E-state index contributed by atoms with van der Waals surface area (Å²) in [5, 5.41) is 10.6. The van der Waals surface area contributed by atoms with Crippen molar-refractivity contribution in [1.29, 1.82) is 0 Å². The van der Waals surface area contributed by atoms with E-state index in [4.69, 9.17) is 0 Å². The number of nitro groups is 1. The maximum absolute atomic E-state index is 12.9. The fourth-order valence-corrected chi connectivity index (χ4v) is 2.53. The number of halogens is 2. The lowest BCUT2D eigenvalue weighted by Gasteiger charge is -1.92. The number of fused-ring (bicyclic) bond motifs is 1. The van der Waals surface area contributed by atoms with E-state index in [1.54, 1.807) is 0 Å². The van der Waals surface area contributed by atoms with E-state index in [0.717, 1.165) is 17.4 Å². The van der Waals surface area contributed by atoms with Gasteiger partial charge in [0.15, 0.2) is 9.43 Å². The number of rotatable bonds is 1. The molecule has 1 aromatic heterocycles. The second kappa shape index (κ2) is 3.25. The summed E-state index contributed by atoms with van der Waals surface area (Å²) < 4.78 is 13.9. The monoisotopic (exact) mass is 276 g/mol. The third kappa shape index (κ3) is 1.48. The zero-order valence-electron chi connectivity index (χ0n) is 6.53. The summed E-state index contributed by atoms with van der Waals surface area (Å²) in [4.78, 5) is 13.8. The van der Waals surface area contributed by atoms with Crippen LogP contribution in [0.4, 0.5) is 10.1 Å². The van der Waals surface area contributed by atoms with Gasteiger partial charge in [0.25, 0.3) is 5.69 Å². The van der Waals surface area contributed by atoms with Crippen LogP contribution in [0.25, 0.3) is 10.2 Å². The van der Waals surface area contributed by atoms with E-state index in [-0.39, 0.29) is 11.2 Å². The molecule has 14 heavy (non-hydrogen) atoms. The van der Waals surface area contributed by atoms with Crippen molar-refractivity contribution in [2.45, 2.75) is 0 Å². The smallest absolute Gasteiger partial charge is 0.258 e. The quantitative estimate of drug-likeness (QED) is 0.594. The topological polar surface area (TPSA) is 56.0 Å². The Labute approximate surface area is 89.7 Å². The molecular weight excluding hydrogens is 275 g/mol. The number of hydrogen-bond donors (Lipinski definition) is 0. The van der Waals surface area contributed by atoms with Crippen molar-refractivity contribution in [3.63, 3.8) is 0 Å². The minimum Gasteiger partial charge on any atom is -0.258 e. The molecule has 0 saturated carbocycles. The van der Waals surface area contributed by atoms with Gasteiger partial charge in [-0.3, -0.25) is 10.1 Å². The Balaban J connectivity index is 2.85. The number of benzene rings is 1. The summed E-state index contributed by atoms with van der Waals surface area (Å²) in [5.41, 5.74) is -0.0878. The van der Waals surface area contributed by atoms with Gasteiger partial charge >= 0.3 is 0 Å². The number of hydrogen-bond acceptors (Lipinski definition) is 4. The van der Waals surface area contributed by atoms with Crippen molar-refractivity contribution in [1.82, 2.24) is 4.98 Å². The number of nitro benzene ring substituents is 1. The van der Waals surface area contributed by atoms with Gasteiger partial charge in [-0.15, -0.1) is 11.3 Å². The zero-order valence-corrected chi connectivity index (χ0v) is 8.93. The van der Waals surface area contributed by atoms with Gasteiger partial charge in [0.1, 0.15) is 5.82 Å². The van der Waals surface area contributed by atoms with Crippen molar-refractivity contribution in [3.05, 3.63) is 32.0 Å². The molecule has 2 aromatic rings. The van der Waals surface area contributed by atoms with Gasteiger partial charge in [-0.2, -0.15) is 0 Å². The first kappa shape index (κ1) is 9.47. The molecule has 7 heteroatoms. The van der Waals surface area contributed by atoms with Crippen molar-refractivity contribution in [3.8, 4) is 0 Å². The normalized spacial score (nSPS) is 10.7. The van der Waals surface area contributed by atoms with Crippen LogP contribution in [-0.4, -0.2) is 9.91 Å². The first-order valence-electron chi connectivity index (χ1n) is 3.48. The molecule has 0 aliphatic carbocycles. The van der Waals surface area contributed by atoms with Crippen molar-refractivity contribution < 1.29 is 9.31 Å². The molecule has 72 valence electrons. The molecule has 1 heterocycles. The van der Waals surface area contributed by atoms with Crippen LogP contribution in [0.5, 0.6) is 0 Å². The molecular formula is C7H2BrFN2O2S. The zero-order chi connectivity index (χ0) is 10.3. The Morgan fingerprint density at radius 2 is 2.29 bits per heavy atom. The second-order valence-electron chi connectivity index (χ2n) is 2.50.